The minimum absolute atomic E-state index is 0.0820. The highest BCUT2D eigenvalue weighted by Gasteiger charge is 2.22. The van der Waals surface area contributed by atoms with Gasteiger partial charge in [-0.3, -0.25) is 4.57 Å². The van der Waals surface area contributed by atoms with Crippen LogP contribution in [0.3, 0.4) is 0 Å². The number of hydrogen-bond acceptors (Lipinski definition) is 6. The van der Waals surface area contributed by atoms with Gasteiger partial charge in [-0.2, -0.15) is 0 Å². The van der Waals surface area contributed by atoms with Gasteiger partial charge in [-0.05, 0) is 11.2 Å². The molecule has 0 spiro atoms. The van der Waals surface area contributed by atoms with Crippen LogP contribution in [-0.2, 0) is 20.9 Å². The van der Waals surface area contributed by atoms with Gasteiger partial charge in [0.05, 0.1) is 12.8 Å². The topological polar surface area (TPSA) is 86.6 Å². The number of imidazole rings is 1. The summed E-state index contributed by atoms with van der Waals surface area (Å²) < 4.78 is 41.8. The van der Waals surface area contributed by atoms with Crippen LogP contribution in [0.2, 0.25) is 0 Å². The number of hydrogen-bond donors (Lipinski definition) is 1. The van der Waals surface area contributed by atoms with Crippen LogP contribution in [0.15, 0.2) is 96.3 Å². The first-order valence-electron chi connectivity index (χ1n) is 12.8. The lowest BCUT2D eigenvalue weighted by Crippen LogP contribution is -2.30. The predicted octanol–water partition coefficient (Wildman–Crippen LogP) is 5.91. The van der Waals surface area contributed by atoms with Gasteiger partial charge in [-0.15, -0.1) is 0 Å². The van der Waals surface area contributed by atoms with E-state index in [1.165, 1.54) is 6.07 Å². The molecule has 1 N–H and O–H groups in total. The first-order valence-corrected chi connectivity index (χ1v) is 12.8. The maximum atomic E-state index is 14.6. The van der Waals surface area contributed by atoms with Gasteiger partial charge in [0.2, 0.25) is 6.36 Å². The average Bonchev–Trinajstić information content (AvgIpc) is 3.43. The van der Waals surface area contributed by atoms with Crippen molar-refractivity contribution in [3.63, 3.8) is 0 Å². The van der Waals surface area contributed by atoms with Crippen LogP contribution in [0.1, 0.15) is 47.9 Å². The minimum atomic E-state index is -1.55. The van der Waals surface area contributed by atoms with Crippen molar-refractivity contribution < 1.29 is 23.1 Å². The highest BCUT2D eigenvalue weighted by atomic mass is 19.1. The Balaban J connectivity index is 1.48. The highest BCUT2D eigenvalue weighted by Crippen LogP contribution is 2.25. The van der Waals surface area contributed by atoms with Crippen molar-refractivity contribution >= 4 is 11.2 Å². The molecule has 0 radical (unpaired) electrons. The van der Waals surface area contributed by atoms with Crippen molar-refractivity contribution in [1.29, 1.82) is 0 Å². The van der Waals surface area contributed by atoms with E-state index in [-0.39, 0.29) is 30.6 Å². The van der Waals surface area contributed by atoms with Crippen molar-refractivity contribution in [3.8, 4) is 0 Å². The second kappa shape index (κ2) is 12.6. The molecule has 8 nitrogen and oxygen atoms in total. The SMILES string of the molecule is COC(c1ccccc1)n1c(=NOCc2ccccc2F)ncc2[nH]c(C(C)COC(F)c3ccccc3)nc21. The average molecular weight is 546 g/mol. The van der Waals surface area contributed by atoms with Crippen molar-refractivity contribution in [2.75, 3.05) is 13.7 Å². The quantitative estimate of drug-likeness (QED) is 0.209. The molecule has 3 unspecified atom stereocenters. The van der Waals surface area contributed by atoms with Crippen LogP contribution >= 0.6 is 0 Å². The Hall–Kier alpha value is -4.41. The Morgan fingerprint density at radius 1 is 0.950 bits per heavy atom. The molecule has 0 aliphatic heterocycles. The molecule has 0 saturated heterocycles. The van der Waals surface area contributed by atoms with Crippen LogP contribution < -0.4 is 5.62 Å². The number of rotatable bonds is 11. The lowest BCUT2D eigenvalue weighted by Gasteiger charge is -2.19. The summed E-state index contributed by atoms with van der Waals surface area (Å²) in [6, 6.07) is 24.6. The van der Waals surface area contributed by atoms with E-state index in [2.05, 4.69) is 15.1 Å². The second-order valence-corrected chi connectivity index (χ2v) is 9.20. The van der Waals surface area contributed by atoms with Gasteiger partial charge in [0, 0.05) is 29.7 Å². The summed E-state index contributed by atoms with van der Waals surface area (Å²) in [5.41, 5.74) is 2.94. The number of H-pyrrole nitrogens is 1. The normalized spacial score (nSPS) is 14.2. The largest absolute Gasteiger partial charge is 0.388 e. The summed E-state index contributed by atoms with van der Waals surface area (Å²) in [7, 11) is 1.57. The van der Waals surface area contributed by atoms with Crippen LogP contribution in [0.5, 0.6) is 0 Å². The van der Waals surface area contributed by atoms with Crippen molar-refractivity contribution in [2.24, 2.45) is 5.16 Å². The van der Waals surface area contributed by atoms with Gasteiger partial charge in [-0.25, -0.2) is 18.7 Å². The summed E-state index contributed by atoms with van der Waals surface area (Å²) in [5, 5.41) is 4.21. The van der Waals surface area contributed by atoms with E-state index in [4.69, 9.17) is 19.3 Å². The van der Waals surface area contributed by atoms with Gasteiger partial charge in [-0.1, -0.05) is 85.8 Å². The molecule has 5 aromatic rings. The summed E-state index contributed by atoms with van der Waals surface area (Å²) in [6.45, 7) is 1.90. The summed E-state index contributed by atoms with van der Waals surface area (Å²) in [6.07, 6.45) is -0.613. The number of methoxy groups -OCH3 is 1. The van der Waals surface area contributed by atoms with Gasteiger partial charge in [0.25, 0.3) is 5.62 Å². The van der Waals surface area contributed by atoms with E-state index in [9.17, 15) is 8.78 Å². The maximum absolute atomic E-state index is 14.6. The zero-order chi connectivity index (χ0) is 27.9. The third-order valence-electron chi connectivity index (χ3n) is 6.37. The monoisotopic (exact) mass is 545 g/mol. The zero-order valence-electron chi connectivity index (χ0n) is 22.1. The highest BCUT2D eigenvalue weighted by molar-refractivity contribution is 5.70. The molecule has 5 rings (SSSR count). The molecule has 2 aromatic heterocycles. The number of aromatic nitrogens is 4. The number of ether oxygens (including phenoxy) is 2. The Morgan fingerprint density at radius 3 is 2.33 bits per heavy atom. The Bertz CT molecular complexity index is 1610. The second-order valence-electron chi connectivity index (χ2n) is 9.20. The van der Waals surface area contributed by atoms with Crippen LogP contribution in [0.25, 0.3) is 11.2 Å². The summed E-state index contributed by atoms with van der Waals surface area (Å²) >= 11 is 0. The molecule has 3 aromatic carbocycles. The predicted molar refractivity (Wildman–Crippen MR) is 145 cm³/mol. The number of benzene rings is 3. The molecule has 206 valence electrons. The number of nitrogens with one attached hydrogen (secondary N) is 1. The Labute approximate surface area is 229 Å². The summed E-state index contributed by atoms with van der Waals surface area (Å²) in [5.74, 6) is -0.0691. The maximum Gasteiger partial charge on any atom is 0.270 e. The number of halogens is 2. The Kier molecular flexibility index (Phi) is 8.58. The molecule has 10 heteroatoms. The van der Waals surface area contributed by atoms with Crippen LogP contribution in [-0.4, -0.2) is 33.2 Å². The van der Waals surface area contributed by atoms with Crippen molar-refractivity contribution in [3.05, 3.63) is 125 Å². The van der Waals surface area contributed by atoms with E-state index < -0.39 is 12.6 Å². The smallest absolute Gasteiger partial charge is 0.270 e. The standard InChI is InChI=1S/C30H29F2N5O3/c1-20(18-39-26(32)21-11-5-3-6-12-21)27-34-25-17-33-30(36-40-19-23-15-9-10-16-24(23)31)37(28(25)35-27)29(38-2)22-13-7-4-8-14-22/h3-17,20,26,29H,18-19H2,1-2H3,(H,34,35). The number of aromatic amines is 1. The zero-order valence-corrected chi connectivity index (χ0v) is 22.1. The van der Waals surface area contributed by atoms with E-state index in [1.54, 1.807) is 60.3 Å². The Morgan fingerprint density at radius 2 is 1.62 bits per heavy atom. The van der Waals surface area contributed by atoms with E-state index >= 15 is 0 Å². The van der Waals surface area contributed by atoms with Crippen LogP contribution in [0, 0.1) is 5.82 Å². The van der Waals surface area contributed by atoms with E-state index in [0.717, 1.165) is 5.56 Å². The number of fused-ring (bicyclic) bond motifs is 1. The third kappa shape index (κ3) is 6.08. The molecule has 0 fully saturated rings. The fourth-order valence-electron chi connectivity index (χ4n) is 4.26. The molecular formula is C30H29F2N5O3. The molecule has 2 heterocycles. The molecule has 40 heavy (non-hydrogen) atoms. The first kappa shape index (κ1) is 27.2. The lowest BCUT2D eigenvalue weighted by atomic mass is 10.2. The van der Waals surface area contributed by atoms with Gasteiger partial charge >= 0.3 is 0 Å². The van der Waals surface area contributed by atoms with Gasteiger partial charge in [0.15, 0.2) is 11.9 Å². The molecule has 0 saturated carbocycles. The fourth-order valence-corrected chi connectivity index (χ4v) is 4.26. The number of nitrogens with zero attached hydrogens (tertiary/aromatic N) is 4. The first-order chi connectivity index (χ1) is 19.5. The number of alkyl halides is 1. The fraction of sp³-hybridized carbons (Fsp3) is 0.233. The van der Waals surface area contributed by atoms with E-state index in [1.807, 2.05) is 43.3 Å². The van der Waals surface area contributed by atoms with Gasteiger partial charge < -0.3 is 19.3 Å². The van der Waals surface area contributed by atoms with E-state index in [0.29, 0.717) is 28.1 Å². The van der Waals surface area contributed by atoms with Gasteiger partial charge in [0.1, 0.15) is 23.8 Å². The van der Waals surface area contributed by atoms with Crippen molar-refractivity contribution in [2.45, 2.75) is 32.0 Å². The molecule has 0 amide bonds. The molecule has 0 aliphatic carbocycles. The minimum Gasteiger partial charge on any atom is -0.388 e. The van der Waals surface area contributed by atoms with Crippen molar-refractivity contribution in [1.82, 2.24) is 19.5 Å². The molecule has 0 bridgehead atoms. The summed E-state index contributed by atoms with van der Waals surface area (Å²) in [4.78, 5) is 18.1. The third-order valence-corrected chi connectivity index (χ3v) is 6.37. The molecule has 3 atom stereocenters. The lowest BCUT2D eigenvalue weighted by molar-refractivity contribution is -0.0462. The molecular weight excluding hydrogens is 516 g/mol. The molecule has 0 aliphatic rings. The van der Waals surface area contributed by atoms with Crippen LogP contribution in [0.4, 0.5) is 8.78 Å².